The Hall–Kier alpha value is -3.11. The molecule has 0 saturated heterocycles. The van der Waals surface area contributed by atoms with Crippen LogP contribution in [0.4, 0.5) is 5.69 Å². The number of benzene rings is 1. The fraction of sp³-hybridized carbons (Fsp3) is 0.522. The Morgan fingerprint density at radius 3 is 2.27 bits per heavy atom. The summed E-state index contributed by atoms with van der Waals surface area (Å²) in [5.74, 6) is -10.3. The molecule has 10 heteroatoms. The van der Waals surface area contributed by atoms with Crippen molar-refractivity contribution in [3.05, 3.63) is 23.3 Å². The highest BCUT2D eigenvalue weighted by molar-refractivity contribution is 6.32. The summed E-state index contributed by atoms with van der Waals surface area (Å²) >= 11 is 0. The molecule has 3 aliphatic rings. The van der Waals surface area contributed by atoms with Crippen molar-refractivity contribution < 1.29 is 34.2 Å². The number of hydrogen-bond donors (Lipinski definition) is 3. The topological polar surface area (TPSA) is 158 Å². The van der Waals surface area contributed by atoms with Gasteiger partial charge in [0.1, 0.15) is 5.75 Å². The minimum Gasteiger partial charge on any atom is -0.507 e. The van der Waals surface area contributed by atoms with Crippen molar-refractivity contribution in [1.29, 1.82) is 0 Å². The van der Waals surface area contributed by atoms with Gasteiger partial charge in [-0.3, -0.25) is 28.9 Å². The number of fused-ring (bicyclic) bond motifs is 3. The molecular weight excluding hydrogens is 430 g/mol. The molecule has 0 radical (unpaired) electrons. The predicted octanol–water partition coefficient (Wildman–Crippen LogP) is -1.07. The van der Waals surface area contributed by atoms with Gasteiger partial charge in [-0.1, -0.05) is 0 Å². The molecule has 33 heavy (non-hydrogen) atoms. The lowest BCUT2D eigenvalue weighted by atomic mass is 9.52. The minimum absolute atomic E-state index is 0.00667. The van der Waals surface area contributed by atoms with E-state index in [1.807, 2.05) is 0 Å². The first kappa shape index (κ1) is 23.1. The van der Waals surface area contributed by atoms with Crippen molar-refractivity contribution >= 4 is 34.7 Å². The molecule has 2 saturated carbocycles. The first-order valence-electron chi connectivity index (χ1n) is 10.7. The smallest absolute Gasteiger partial charge is 0.235 e. The third-order valence-electron chi connectivity index (χ3n) is 7.40. The summed E-state index contributed by atoms with van der Waals surface area (Å²) in [4.78, 5) is 68.6. The van der Waals surface area contributed by atoms with Crippen LogP contribution >= 0.6 is 0 Å². The van der Waals surface area contributed by atoms with Crippen LogP contribution < -0.4 is 10.6 Å². The lowest BCUT2D eigenvalue weighted by Crippen LogP contribution is -2.74. The van der Waals surface area contributed by atoms with E-state index in [2.05, 4.69) is 0 Å². The number of primary amides is 1. The maximum absolute atomic E-state index is 13.7. The number of hydrogen-bond acceptors (Lipinski definition) is 9. The van der Waals surface area contributed by atoms with Crippen molar-refractivity contribution in [3.63, 3.8) is 0 Å². The average Bonchev–Trinajstić information content (AvgIpc) is 2.70. The second-order valence-corrected chi connectivity index (χ2v) is 9.64. The Bertz CT molecular complexity index is 1110. The number of carbonyl (C=O) groups is 5. The van der Waals surface area contributed by atoms with Gasteiger partial charge in [-0.15, -0.1) is 0 Å². The molecule has 1 amide bonds. The molecule has 1 aromatic rings. The second kappa shape index (κ2) is 7.46. The molecule has 1 aromatic carbocycles. The summed E-state index contributed by atoms with van der Waals surface area (Å²) in [5, 5.41) is 21.9. The molecule has 10 nitrogen and oxygen atoms in total. The summed E-state index contributed by atoms with van der Waals surface area (Å²) in [6.07, 6.45) is 0.278. The molecule has 0 heterocycles. The maximum Gasteiger partial charge on any atom is 0.235 e. The number of amides is 1. The van der Waals surface area contributed by atoms with Gasteiger partial charge in [0.2, 0.25) is 5.91 Å². The maximum atomic E-state index is 13.7. The SMILES string of the molecule is CN(C)c1ccc(O)c2c1C[C@H]1C[C@H]3[C@H](N(C)C)C(=O)[C@H](C(N)=O)C(=O)[C@@]3(O)C(=O)[C@H]1C2=O. The van der Waals surface area contributed by atoms with Gasteiger partial charge in [-0.25, -0.2) is 0 Å². The van der Waals surface area contributed by atoms with E-state index in [9.17, 15) is 34.2 Å². The molecule has 0 aromatic heterocycles. The minimum atomic E-state index is -2.70. The van der Waals surface area contributed by atoms with Crippen LogP contribution in [0, 0.1) is 23.7 Å². The lowest BCUT2D eigenvalue weighted by molar-refractivity contribution is -0.181. The van der Waals surface area contributed by atoms with Crippen molar-refractivity contribution in [3.8, 4) is 5.75 Å². The number of likely N-dealkylation sites (N-methyl/N-ethyl adjacent to an activating group) is 1. The van der Waals surface area contributed by atoms with Gasteiger partial charge in [-0.2, -0.15) is 0 Å². The summed E-state index contributed by atoms with van der Waals surface area (Å²) < 4.78 is 0. The largest absolute Gasteiger partial charge is 0.507 e. The van der Waals surface area contributed by atoms with E-state index in [0.29, 0.717) is 11.3 Å². The van der Waals surface area contributed by atoms with Gasteiger partial charge >= 0.3 is 0 Å². The van der Waals surface area contributed by atoms with Crippen molar-refractivity contribution in [1.82, 2.24) is 4.90 Å². The van der Waals surface area contributed by atoms with Gasteiger partial charge in [0, 0.05) is 25.7 Å². The number of nitrogens with two attached hydrogens (primary N) is 1. The lowest BCUT2D eigenvalue weighted by Gasteiger charge is -2.52. The quantitative estimate of drug-likeness (QED) is 0.481. The van der Waals surface area contributed by atoms with E-state index in [1.165, 1.54) is 11.0 Å². The molecule has 0 unspecified atom stereocenters. The van der Waals surface area contributed by atoms with E-state index >= 15 is 0 Å². The third-order valence-corrected chi connectivity index (χ3v) is 7.40. The van der Waals surface area contributed by atoms with E-state index < -0.39 is 64.4 Å². The van der Waals surface area contributed by atoms with Crippen LogP contribution in [0.5, 0.6) is 5.75 Å². The van der Waals surface area contributed by atoms with E-state index in [-0.39, 0.29) is 24.2 Å². The van der Waals surface area contributed by atoms with Crippen molar-refractivity contribution in [2.75, 3.05) is 33.1 Å². The summed E-state index contributed by atoms with van der Waals surface area (Å²) in [6, 6.07) is 1.94. The fourth-order valence-electron chi connectivity index (χ4n) is 6.01. The van der Waals surface area contributed by atoms with Crippen LogP contribution in [0.3, 0.4) is 0 Å². The number of anilines is 1. The molecular formula is C23H27N3O7. The number of carbonyl (C=O) groups excluding carboxylic acids is 5. The van der Waals surface area contributed by atoms with Crippen LogP contribution in [-0.4, -0.2) is 84.0 Å². The second-order valence-electron chi connectivity index (χ2n) is 9.64. The Kier molecular flexibility index (Phi) is 5.21. The van der Waals surface area contributed by atoms with Gasteiger partial charge in [-0.05, 0) is 50.6 Å². The molecule has 0 bridgehead atoms. The zero-order valence-corrected chi connectivity index (χ0v) is 18.9. The highest BCUT2D eigenvalue weighted by Gasteiger charge is 2.69. The number of Topliss-reactive ketones (excluding diaryl/α,β-unsaturated/α-hetero) is 4. The van der Waals surface area contributed by atoms with Crippen molar-refractivity contribution in [2.24, 2.45) is 29.4 Å². The number of rotatable bonds is 3. The Morgan fingerprint density at radius 1 is 1.09 bits per heavy atom. The highest BCUT2D eigenvalue weighted by atomic mass is 16.3. The van der Waals surface area contributed by atoms with E-state index in [1.54, 1.807) is 39.2 Å². The van der Waals surface area contributed by atoms with Gasteiger partial charge < -0.3 is 20.8 Å². The van der Waals surface area contributed by atoms with Crippen LogP contribution in [-0.2, 0) is 25.6 Å². The molecule has 3 aliphatic carbocycles. The molecule has 4 N–H and O–H groups in total. The first-order chi connectivity index (χ1) is 15.3. The predicted molar refractivity (Wildman–Crippen MR) is 116 cm³/mol. The Labute approximate surface area is 190 Å². The zero-order valence-electron chi connectivity index (χ0n) is 18.9. The number of phenols is 1. The molecule has 176 valence electrons. The summed E-state index contributed by atoms with van der Waals surface area (Å²) in [7, 11) is 6.69. The van der Waals surface area contributed by atoms with Crippen LogP contribution in [0.2, 0.25) is 0 Å². The first-order valence-corrected chi connectivity index (χ1v) is 10.7. The Balaban J connectivity index is 1.89. The van der Waals surface area contributed by atoms with Crippen LogP contribution in [0.15, 0.2) is 12.1 Å². The van der Waals surface area contributed by atoms with Crippen molar-refractivity contribution in [2.45, 2.75) is 24.5 Å². The van der Waals surface area contributed by atoms with Gasteiger partial charge in [0.05, 0.1) is 17.5 Å². The van der Waals surface area contributed by atoms with Crippen LogP contribution in [0.25, 0.3) is 0 Å². The number of aromatic hydroxyl groups is 1. The van der Waals surface area contributed by atoms with E-state index in [4.69, 9.17) is 5.73 Å². The molecule has 4 rings (SSSR count). The normalized spacial score (nSPS) is 33.5. The number of phenolic OH excluding ortho intramolecular Hbond substituents is 1. The molecule has 2 fully saturated rings. The third kappa shape index (κ3) is 2.97. The van der Waals surface area contributed by atoms with E-state index in [0.717, 1.165) is 0 Å². The van der Waals surface area contributed by atoms with Gasteiger partial charge in [0.15, 0.2) is 34.7 Å². The molecule has 0 spiro atoms. The fourth-order valence-corrected chi connectivity index (χ4v) is 6.01. The Morgan fingerprint density at radius 2 is 1.73 bits per heavy atom. The number of ketones is 4. The van der Waals surface area contributed by atoms with Crippen LogP contribution in [0.1, 0.15) is 22.3 Å². The summed E-state index contributed by atoms with van der Waals surface area (Å²) in [5.41, 5.74) is 3.87. The zero-order chi connectivity index (χ0) is 24.6. The number of nitrogens with zero attached hydrogens (tertiary/aromatic N) is 2. The number of aliphatic hydroxyl groups is 1. The standard InChI is InChI=1S/C23H27N3O7/c1-25(2)12-5-6-13(27)15-10(12)7-9-8-11-17(26(3)4)19(29)16(22(24)32)21(31)23(11,33)20(30)14(9)18(15)28/h5-6,9,11,14,16-17,27,33H,7-8H2,1-4H3,(H2,24,32)/t9-,11-,14+,16-,17-,23-/m0/s1. The average molecular weight is 457 g/mol. The summed E-state index contributed by atoms with van der Waals surface area (Å²) in [6.45, 7) is 0. The highest BCUT2D eigenvalue weighted by Crippen LogP contribution is 2.51. The molecule has 0 aliphatic heterocycles. The monoisotopic (exact) mass is 457 g/mol. The molecule has 6 atom stereocenters. The van der Waals surface area contributed by atoms with Gasteiger partial charge in [0.25, 0.3) is 0 Å².